The molecule has 0 N–H and O–H groups in total. The molecule has 2 aromatic rings. The molecular formula is C13H14ClN3O2. The Morgan fingerprint density at radius 2 is 2.11 bits per heavy atom. The van der Waals surface area contributed by atoms with E-state index in [9.17, 15) is 4.79 Å². The molecule has 0 saturated heterocycles. The number of benzene rings is 1. The van der Waals surface area contributed by atoms with E-state index >= 15 is 0 Å². The Balaban J connectivity index is 2.38. The van der Waals surface area contributed by atoms with Crippen molar-refractivity contribution >= 4 is 17.6 Å². The predicted octanol–water partition coefficient (Wildman–Crippen LogP) is 2.72. The molecule has 6 heteroatoms. The number of carbonyl (C=O) groups is 1. The number of esters is 1. The average Bonchev–Trinajstić information content (AvgIpc) is 2.81. The van der Waals surface area contributed by atoms with Crippen LogP contribution in [0.3, 0.4) is 0 Å². The Hall–Kier alpha value is -1.88. The highest BCUT2D eigenvalue weighted by Gasteiger charge is 2.24. The van der Waals surface area contributed by atoms with Gasteiger partial charge in [-0.1, -0.05) is 47.1 Å². The fourth-order valence-electron chi connectivity index (χ4n) is 1.80. The van der Waals surface area contributed by atoms with Crippen LogP contribution in [0, 0.1) is 0 Å². The zero-order chi connectivity index (χ0) is 13.8. The summed E-state index contributed by atoms with van der Waals surface area (Å²) in [6.45, 7) is 3.93. The molecule has 1 atom stereocenters. The van der Waals surface area contributed by atoms with Gasteiger partial charge in [0.25, 0.3) is 0 Å². The fraction of sp³-hybridized carbons (Fsp3) is 0.308. The van der Waals surface area contributed by atoms with Crippen LogP contribution >= 0.6 is 11.6 Å². The van der Waals surface area contributed by atoms with E-state index in [0.29, 0.717) is 0 Å². The van der Waals surface area contributed by atoms with Crippen molar-refractivity contribution in [1.29, 1.82) is 0 Å². The zero-order valence-electron chi connectivity index (χ0n) is 10.7. The highest BCUT2D eigenvalue weighted by atomic mass is 35.5. The fourth-order valence-corrected chi connectivity index (χ4v) is 1.99. The van der Waals surface area contributed by atoms with Crippen LogP contribution in [-0.4, -0.2) is 27.6 Å². The third kappa shape index (κ3) is 2.76. The molecule has 0 aliphatic rings. The molecule has 1 heterocycles. The predicted molar refractivity (Wildman–Crippen MR) is 71.2 cm³/mol. The second-order valence-corrected chi connectivity index (χ2v) is 4.34. The van der Waals surface area contributed by atoms with E-state index < -0.39 is 5.97 Å². The molecule has 0 amide bonds. The average molecular weight is 280 g/mol. The minimum atomic E-state index is -0.514. The van der Waals surface area contributed by atoms with Crippen LogP contribution in [0.25, 0.3) is 0 Å². The van der Waals surface area contributed by atoms with E-state index in [1.807, 2.05) is 37.3 Å². The minimum Gasteiger partial charge on any atom is -0.461 e. The van der Waals surface area contributed by atoms with Crippen LogP contribution in [0.15, 0.2) is 30.3 Å². The molecule has 0 unspecified atom stereocenters. The van der Waals surface area contributed by atoms with E-state index in [1.165, 1.54) is 4.68 Å². The van der Waals surface area contributed by atoms with Crippen molar-refractivity contribution in [2.45, 2.75) is 19.9 Å². The van der Waals surface area contributed by atoms with Gasteiger partial charge in [-0.05, 0) is 19.4 Å². The number of hydrogen-bond acceptors (Lipinski definition) is 4. The summed E-state index contributed by atoms with van der Waals surface area (Å²) in [5.41, 5.74) is 1.19. The lowest BCUT2D eigenvalue weighted by atomic mass is 10.1. The smallest absolute Gasteiger partial charge is 0.359 e. The normalized spacial score (nSPS) is 12.2. The summed E-state index contributed by atoms with van der Waals surface area (Å²) in [7, 11) is 0. The van der Waals surface area contributed by atoms with Gasteiger partial charge in [-0.3, -0.25) is 0 Å². The van der Waals surface area contributed by atoms with Gasteiger partial charge in [-0.25, -0.2) is 9.48 Å². The van der Waals surface area contributed by atoms with Crippen LogP contribution in [0.4, 0.5) is 0 Å². The molecule has 100 valence electrons. The van der Waals surface area contributed by atoms with Crippen molar-refractivity contribution in [2.24, 2.45) is 0 Å². The van der Waals surface area contributed by atoms with E-state index in [1.54, 1.807) is 6.92 Å². The number of hydrogen-bond donors (Lipinski definition) is 0. The second-order valence-electron chi connectivity index (χ2n) is 3.98. The highest BCUT2D eigenvalue weighted by molar-refractivity contribution is 6.32. The Kier molecular flexibility index (Phi) is 4.16. The molecule has 2 rings (SSSR count). The lowest BCUT2D eigenvalue weighted by molar-refractivity contribution is 0.0511. The van der Waals surface area contributed by atoms with Crippen molar-refractivity contribution in [2.75, 3.05) is 6.61 Å². The van der Waals surface area contributed by atoms with Gasteiger partial charge in [0, 0.05) is 0 Å². The maximum Gasteiger partial charge on any atom is 0.359 e. The monoisotopic (exact) mass is 279 g/mol. The van der Waals surface area contributed by atoms with Crippen LogP contribution < -0.4 is 0 Å². The third-order valence-electron chi connectivity index (χ3n) is 2.77. The molecule has 1 aromatic heterocycles. The van der Waals surface area contributed by atoms with Gasteiger partial charge in [-0.15, -0.1) is 5.10 Å². The van der Waals surface area contributed by atoms with E-state index in [2.05, 4.69) is 10.3 Å². The first-order valence-corrected chi connectivity index (χ1v) is 6.35. The van der Waals surface area contributed by atoms with Gasteiger partial charge in [0.2, 0.25) is 0 Å². The highest BCUT2D eigenvalue weighted by Crippen LogP contribution is 2.22. The van der Waals surface area contributed by atoms with Crippen molar-refractivity contribution in [1.82, 2.24) is 15.0 Å². The summed E-state index contributed by atoms with van der Waals surface area (Å²) >= 11 is 5.91. The van der Waals surface area contributed by atoms with Gasteiger partial charge >= 0.3 is 5.97 Å². The summed E-state index contributed by atoms with van der Waals surface area (Å²) in [6.07, 6.45) is 0. The maximum atomic E-state index is 11.9. The molecule has 5 nitrogen and oxygen atoms in total. The zero-order valence-corrected chi connectivity index (χ0v) is 11.5. The summed E-state index contributed by atoms with van der Waals surface area (Å²) < 4.78 is 6.45. The number of halogens is 1. The molecule has 0 spiro atoms. The molecule has 0 aliphatic heterocycles. The molecule has 19 heavy (non-hydrogen) atoms. The second kappa shape index (κ2) is 5.84. The molecule has 0 bridgehead atoms. The van der Waals surface area contributed by atoms with E-state index in [4.69, 9.17) is 16.3 Å². The van der Waals surface area contributed by atoms with Crippen LogP contribution in [0.2, 0.25) is 5.15 Å². The standard InChI is InChI=1S/C13H14ClN3O2/c1-3-19-13(18)11-12(14)15-16-17(11)9(2)10-7-5-4-6-8-10/h4-9H,3H2,1-2H3/t9-/m1/s1. The van der Waals surface area contributed by atoms with Crippen LogP contribution in [0.1, 0.15) is 35.9 Å². The number of ether oxygens (including phenoxy) is 1. The number of nitrogens with zero attached hydrogens (tertiary/aromatic N) is 3. The first-order chi connectivity index (χ1) is 9.15. The van der Waals surface area contributed by atoms with Crippen molar-refractivity contribution < 1.29 is 9.53 Å². The lowest BCUT2D eigenvalue weighted by Gasteiger charge is -2.14. The van der Waals surface area contributed by atoms with Gasteiger partial charge in [0.1, 0.15) is 0 Å². The molecular weight excluding hydrogens is 266 g/mol. The summed E-state index contributed by atoms with van der Waals surface area (Å²) in [6, 6.07) is 9.53. The summed E-state index contributed by atoms with van der Waals surface area (Å²) in [5, 5.41) is 7.73. The molecule has 0 radical (unpaired) electrons. The van der Waals surface area contributed by atoms with Crippen LogP contribution in [-0.2, 0) is 4.74 Å². The summed E-state index contributed by atoms with van der Waals surface area (Å²) in [5.74, 6) is -0.514. The summed E-state index contributed by atoms with van der Waals surface area (Å²) in [4.78, 5) is 11.9. The topological polar surface area (TPSA) is 57.0 Å². The van der Waals surface area contributed by atoms with Crippen LogP contribution in [0.5, 0.6) is 0 Å². The number of carbonyl (C=O) groups excluding carboxylic acids is 1. The Bertz CT molecular complexity index is 569. The van der Waals surface area contributed by atoms with E-state index in [0.717, 1.165) is 5.56 Å². The number of rotatable bonds is 4. The largest absolute Gasteiger partial charge is 0.461 e. The van der Waals surface area contributed by atoms with Gasteiger partial charge in [-0.2, -0.15) is 0 Å². The Labute approximate surface area is 116 Å². The Morgan fingerprint density at radius 1 is 1.42 bits per heavy atom. The lowest BCUT2D eigenvalue weighted by Crippen LogP contribution is -2.17. The van der Waals surface area contributed by atoms with Crippen molar-refractivity contribution in [3.63, 3.8) is 0 Å². The number of aromatic nitrogens is 3. The van der Waals surface area contributed by atoms with Crippen molar-refractivity contribution in [3.8, 4) is 0 Å². The van der Waals surface area contributed by atoms with Gasteiger partial charge in [0.05, 0.1) is 12.6 Å². The maximum absolute atomic E-state index is 11.9. The first-order valence-electron chi connectivity index (χ1n) is 5.98. The van der Waals surface area contributed by atoms with E-state index in [-0.39, 0.29) is 23.5 Å². The van der Waals surface area contributed by atoms with Crippen molar-refractivity contribution in [3.05, 3.63) is 46.7 Å². The van der Waals surface area contributed by atoms with Gasteiger partial charge < -0.3 is 4.74 Å². The quantitative estimate of drug-likeness (QED) is 0.808. The molecule has 0 fully saturated rings. The minimum absolute atomic E-state index is 0.0567. The SMILES string of the molecule is CCOC(=O)c1c(Cl)nnn1[C@H](C)c1ccccc1. The Morgan fingerprint density at radius 3 is 2.74 bits per heavy atom. The first kappa shape index (κ1) is 13.5. The molecule has 0 saturated carbocycles. The molecule has 1 aromatic carbocycles. The molecule has 0 aliphatic carbocycles. The third-order valence-corrected chi connectivity index (χ3v) is 3.03. The van der Waals surface area contributed by atoms with Gasteiger partial charge in [0.15, 0.2) is 10.8 Å².